The number of fused-ring (bicyclic) bond motifs is 6. The number of ether oxygens (including phenoxy) is 2. The SMILES string of the molecule is C=Cc1ccc(Oc2ccc(C3(c4ccc(C(C)(C)C)cc4)c4ccccc4-c4ccc(-c5ccc(N(c6ccc(-c7ccc(N(c8ccc(-c9ccc%10c(c9)C(c9ccc(Oc%11ccc(C=C)cc%11)cc9)(c9ccc(C(C)(C)C)cc9)c9ccccc9-%10)cc8)c8ccc(-c9ccccc9F)cc8)cc7)cc6)c6ccc(-c7ccccc7F)cc6)cc5)cc43)cc2)cc1. The van der Waals surface area contributed by atoms with E-state index in [9.17, 15) is 0 Å². The van der Waals surface area contributed by atoms with Gasteiger partial charge in [-0.1, -0.05) is 346 Å². The molecule has 2 aliphatic rings. The van der Waals surface area contributed by atoms with Crippen LogP contribution in [0.2, 0.25) is 0 Å². The molecule has 0 heterocycles. The second-order valence-electron chi connectivity index (χ2n) is 35.5. The van der Waals surface area contributed by atoms with E-state index in [0.717, 1.165) is 124 Å². The molecule has 0 amide bonds. The van der Waals surface area contributed by atoms with Crippen molar-refractivity contribution >= 4 is 46.3 Å². The maximum absolute atomic E-state index is 15.5. The standard InChI is InChI=1S/C122H94F2N2O2/c1-9-81-27-69-103(70-28-81)127-105-73-53-95(54-74-105)121(93-49-45-91(46-50-93)119(3,4)5)113-23-15-11-21-109(113)111-77-43-89(79-115(111)121)85-35-61-99(62-36-85)125(101-65-39-87(40-66-101)107-19-13-17-25-117(107)123)97-57-31-83(32-58-97)84-33-59-98(60-34-84)126(102-67-41-88(42-68-102)108-20-14-18-26-118(108)124)100-63-37-86(38-64-100)90-44-78-112-110-22-12-16-24-114(110)122(116(112)80-90,94-51-47-92(48-52-94)120(6,7)8)96-55-75-106(76-56-96)128-104-71-29-82(10-2)30-72-104/h9-80H,1-2H2,3-8H3. The molecule has 0 bridgehead atoms. The largest absolute Gasteiger partial charge is 0.457 e. The second-order valence-corrected chi connectivity index (χ2v) is 35.5. The van der Waals surface area contributed by atoms with Crippen molar-refractivity contribution in [2.45, 2.75) is 63.2 Å². The topological polar surface area (TPSA) is 24.9 Å². The molecule has 0 saturated heterocycles. The van der Waals surface area contributed by atoms with Gasteiger partial charge < -0.3 is 19.3 Å². The fourth-order valence-corrected chi connectivity index (χ4v) is 19.2. The van der Waals surface area contributed by atoms with Gasteiger partial charge in [-0.2, -0.15) is 0 Å². The van der Waals surface area contributed by atoms with Gasteiger partial charge in [-0.15, -0.1) is 0 Å². The van der Waals surface area contributed by atoms with E-state index in [1.165, 1.54) is 78.9 Å². The molecule has 0 N–H and O–H groups in total. The van der Waals surface area contributed by atoms with Crippen LogP contribution in [0.3, 0.4) is 0 Å². The first-order chi connectivity index (χ1) is 62.4. The van der Waals surface area contributed by atoms with Crippen LogP contribution in [0.15, 0.2) is 438 Å². The number of benzene rings is 18. The van der Waals surface area contributed by atoms with Gasteiger partial charge in [0.05, 0.1) is 10.8 Å². The Balaban J connectivity index is 0.632. The van der Waals surface area contributed by atoms with E-state index in [1.807, 2.05) is 109 Å². The summed E-state index contributed by atoms with van der Waals surface area (Å²) in [6.45, 7) is 21.5. The molecule has 0 radical (unpaired) electrons. The molecule has 2 aliphatic carbocycles. The fraction of sp³-hybridized carbons (Fsp3) is 0.0820. The number of rotatable bonds is 21. The highest BCUT2D eigenvalue weighted by molar-refractivity contribution is 5.92. The summed E-state index contributed by atoms with van der Waals surface area (Å²) in [6.07, 6.45) is 3.67. The van der Waals surface area contributed by atoms with Crippen LogP contribution in [-0.2, 0) is 21.7 Å². The third-order valence-corrected chi connectivity index (χ3v) is 25.9. The van der Waals surface area contributed by atoms with Gasteiger partial charge in [0.2, 0.25) is 0 Å². The lowest BCUT2D eigenvalue weighted by molar-refractivity contribution is 0.482. The molecular weight excluding hydrogens is 1560 g/mol. The minimum absolute atomic E-state index is 0.0407. The van der Waals surface area contributed by atoms with Crippen molar-refractivity contribution in [3.8, 4) is 101 Å². The highest BCUT2D eigenvalue weighted by atomic mass is 19.1. The van der Waals surface area contributed by atoms with Gasteiger partial charge in [0, 0.05) is 45.3 Å². The van der Waals surface area contributed by atoms with Gasteiger partial charge in [-0.3, -0.25) is 0 Å². The first kappa shape index (κ1) is 80.9. The Kier molecular flexibility index (Phi) is 21.0. The summed E-state index contributed by atoms with van der Waals surface area (Å²) in [6, 6.07) is 149. The molecule has 2 unspecified atom stereocenters. The molecule has 618 valence electrons. The van der Waals surface area contributed by atoms with Gasteiger partial charge >= 0.3 is 0 Å². The first-order valence-corrected chi connectivity index (χ1v) is 43.8. The second kappa shape index (κ2) is 33.2. The highest BCUT2D eigenvalue weighted by Crippen LogP contribution is 2.60. The van der Waals surface area contributed by atoms with E-state index >= 15 is 8.78 Å². The quantitative estimate of drug-likeness (QED) is 0.0716. The lowest BCUT2D eigenvalue weighted by Gasteiger charge is -2.34. The average Bonchev–Trinajstić information content (AvgIpc) is 1.55. The minimum atomic E-state index is -0.678. The van der Waals surface area contributed by atoms with Crippen LogP contribution in [0.25, 0.3) is 90.0 Å². The molecule has 18 aromatic carbocycles. The summed E-state index contributed by atoms with van der Waals surface area (Å²) >= 11 is 0. The van der Waals surface area contributed by atoms with E-state index in [2.05, 4.69) is 368 Å². The Hall–Kier alpha value is -15.5. The molecule has 0 saturated carbocycles. The minimum Gasteiger partial charge on any atom is -0.457 e. The molecule has 2 atom stereocenters. The van der Waals surface area contributed by atoms with Crippen LogP contribution in [0, 0.1) is 11.6 Å². The average molecular weight is 1660 g/mol. The van der Waals surface area contributed by atoms with Crippen molar-refractivity contribution in [3.05, 3.63) is 516 Å². The van der Waals surface area contributed by atoms with Crippen molar-refractivity contribution < 1.29 is 18.3 Å². The molecule has 128 heavy (non-hydrogen) atoms. The maximum atomic E-state index is 15.5. The number of anilines is 6. The van der Waals surface area contributed by atoms with Crippen LogP contribution < -0.4 is 19.3 Å². The molecule has 0 aliphatic heterocycles. The molecule has 4 nitrogen and oxygen atoms in total. The lowest BCUT2D eigenvalue weighted by atomic mass is 9.67. The predicted molar refractivity (Wildman–Crippen MR) is 528 cm³/mol. The Labute approximate surface area is 749 Å². The van der Waals surface area contributed by atoms with E-state index in [0.29, 0.717) is 11.1 Å². The zero-order chi connectivity index (χ0) is 87.4. The maximum Gasteiger partial charge on any atom is 0.131 e. The van der Waals surface area contributed by atoms with E-state index < -0.39 is 10.8 Å². The Morgan fingerprint density at radius 1 is 0.234 bits per heavy atom. The molecule has 18 aromatic rings. The van der Waals surface area contributed by atoms with Gasteiger partial charge in [0.15, 0.2) is 0 Å². The smallest absolute Gasteiger partial charge is 0.131 e. The Bertz CT molecular complexity index is 6720. The highest BCUT2D eigenvalue weighted by Gasteiger charge is 2.48. The van der Waals surface area contributed by atoms with Gasteiger partial charge in [0.1, 0.15) is 34.6 Å². The lowest BCUT2D eigenvalue weighted by Crippen LogP contribution is -2.29. The molecule has 6 heteroatoms. The summed E-state index contributed by atoms with van der Waals surface area (Å²) in [4.78, 5) is 4.53. The van der Waals surface area contributed by atoms with Crippen LogP contribution in [0.4, 0.5) is 42.9 Å². The van der Waals surface area contributed by atoms with Crippen LogP contribution in [-0.4, -0.2) is 0 Å². The molecule has 0 fully saturated rings. The third-order valence-electron chi connectivity index (χ3n) is 25.9. The molecule has 20 rings (SSSR count). The van der Waals surface area contributed by atoms with E-state index in [-0.39, 0.29) is 22.5 Å². The predicted octanol–water partition coefficient (Wildman–Crippen LogP) is 33.4. The molecule has 0 aromatic heterocycles. The number of hydrogen-bond acceptors (Lipinski definition) is 4. The van der Waals surface area contributed by atoms with E-state index in [1.54, 1.807) is 12.1 Å². The van der Waals surface area contributed by atoms with E-state index in [4.69, 9.17) is 9.47 Å². The number of nitrogens with zero attached hydrogens (tertiary/aromatic N) is 2. The van der Waals surface area contributed by atoms with Crippen LogP contribution in [0.1, 0.15) is 108 Å². The van der Waals surface area contributed by atoms with Gasteiger partial charge in [-0.05, 0) is 290 Å². The molecular formula is C122H94F2N2O2. The normalized spacial score (nSPS) is 14.2. The van der Waals surface area contributed by atoms with Crippen molar-refractivity contribution in [2.75, 3.05) is 9.80 Å². The van der Waals surface area contributed by atoms with Crippen molar-refractivity contribution in [1.29, 1.82) is 0 Å². The van der Waals surface area contributed by atoms with Gasteiger partial charge in [0.25, 0.3) is 0 Å². The van der Waals surface area contributed by atoms with Crippen LogP contribution in [0.5, 0.6) is 23.0 Å². The monoisotopic (exact) mass is 1660 g/mol. The summed E-state index contributed by atoms with van der Waals surface area (Å²) in [5.41, 5.74) is 32.2. The van der Waals surface area contributed by atoms with Crippen molar-refractivity contribution in [2.24, 2.45) is 0 Å². The van der Waals surface area contributed by atoms with Gasteiger partial charge in [-0.25, -0.2) is 8.78 Å². The zero-order valence-corrected chi connectivity index (χ0v) is 72.5. The van der Waals surface area contributed by atoms with Crippen molar-refractivity contribution in [3.63, 3.8) is 0 Å². The molecule has 0 spiro atoms. The number of halogens is 2. The zero-order valence-electron chi connectivity index (χ0n) is 72.5. The summed E-state index contributed by atoms with van der Waals surface area (Å²) < 4.78 is 44.0. The fourth-order valence-electron chi connectivity index (χ4n) is 19.2. The van der Waals surface area contributed by atoms with Crippen molar-refractivity contribution in [1.82, 2.24) is 0 Å². The Morgan fingerprint density at radius 3 is 0.750 bits per heavy atom. The van der Waals surface area contributed by atoms with Crippen LogP contribution >= 0.6 is 0 Å². The summed E-state index contributed by atoms with van der Waals surface area (Å²) in [5.74, 6) is 2.48. The third kappa shape index (κ3) is 14.9. The Morgan fingerprint density at radius 2 is 0.469 bits per heavy atom. The first-order valence-electron chi connectivity index (χ1n) is 43.8. The summed E-state index contributed by atoms with van der Waals surface area (Å²) in [5, 5.41) is 0. The number of hydrogen-bond donors (Lipinski definition) is 0. The summed E-state index contributed by atoms with van der Waals surface area (Å²) in [7, 11) is 0.